The van der Waals surface area contributed by atoms with Crippen molar-refractivity contribution >= 4 is 5.97 Å². The molecular formula is C12H20O2. The summed E-state index contributed by atoms with van der Waals surface area (Å²) < 4.78 is 5.08. The van der Waals surface area contributed by atoms with Gasteiger partial charge < -0.3 is 4.74 Å². The molecule has 80 valence electrons. The van der Waals surface area contributed by atoms with Gasteiger partial charge >= 0.3 is 5.97 Å². The molecule has 0 aromatic heterocycles. The Kier molecular flexibility index (Phi) is 3.09. The summed E-state index contributed by atoms with van der Waals surface area (Å²) >= 11 is 0. The van der Waals surface area contributed by atoms with Gasteiger partial charge in [-0.2, -0.15) is 0 Å². The van der Waals surface area contributed by atoms with E-state index in [0.717, 1.165) is 12.3 Å². The lowest BCUT2D eigenvalue weighted by atomic mass is 9.80. The zero-order chi connectivity index (χ0) is 9.97. The number of cyclic esters (lactones) is 1. The van der Waals surface area contributed by atoms with E-state index < -0.39 is 0 Å². The number of carbonyl (C=O) groups excluding carboxylic acids is 1. The number of ether oxygens (including phenoxy) is 1. The van der Waals surface area contributed by atoms with Crippen molar-refractivity contribution in [1.29, 1.82) is 0 Å². The van der Waals surface area contributed by atoms with Crippen LogP contribution < -0.4 is 0 Å². The molecule has 0 aromatic rings. The van der Waals surface area contributed by atoms with Crippen molar-refractivity contribution in [3.05, 3.63) is 0 Å². The highest BCUT2D eigenvalue weighted by Gasteiger charge is 2.35. The van der Waals surface area contributed by atoms with E-state index in [9.17, 15) is 4.79 Å². The molecule has 14 heavy (non-hydrogen) atoms. The summed E-state index contributed by atoms with van der Waals surface area (Å²) in [4.78, 5) is 11.4. The molecule has 0 aromatic carbocycles. The molecule has 2 aliphatic rings. The van der Waals surface area contributed by atoms with Crippen LogP contribution in [0.3, 0.4) is 0 Å². The molecule has 1 heterocycles. The summed E-state index contributed by atoms with van der Waals surface area (Å²) in [5.74, 6) is 1.51. The van der Waals surface area contributed by atoms with Gasteiger partial charge in [0.05, 0.1) is 12.5 Å². The highest BCUT2D eigenvalue weighted by atomic mass is 16.5. The van der Waals surface area contributed by atoms with E-state index in [1.54, 1.807) is 0 Å². The van der Waals surface area contributed by atoms with E-state index in [-0.39, 0.29) is 11.9 Å². The Hall–Kier alpha value is -0.530. The molecule has 0 N–H and O–H groups in total. The fourth-order valence-electron chi connectivity index (χ4n) is 2.78. The van der Waals surface area contributed by atoms with Crippen molar-refractivity contribution in [2.75, 3.05) is 6.61 Å². The number of carbonyl (C=O) groups is 1. The second kappa shape index (κ2) is 4.33. The number of rotatable bonds is 2. The maximum atomic E-state index is 11.4. The molecule has 0 amide bonds. The standard InChI is InChI=1S/C12H20O2/c1-9-8-14-12(13)11(9)7-10-5-3-2-4-6-10/h9-11H,2-8H2,1H3/t9-,11-/m1/s1. The first-order chi connectivity index (χ1) is 6.77. The average Bonchev–Trinajstić information content (AvgIpc) is 2.51. The topological polar surface area (TPSA) is 26.3 Å². The van der Waals surface area contributed by atoms with Crippen LogP contribution >= 0.6 is 0 Å². The molecule has 0 spiro atoms. The third-order valence-corrected chi connectivity index (χ3v) is 3.79. The predicted molar refractivity (Wildman–Crippen MR) is 54.8 cm³/mol. The number of esters is 1. The average molecular weight is 196 g/mol. The van der Waals surface area contributed by atoms with Gasteiger partial charge in [-0.3, -0.25) is 4.79 Å². The highest BCUT2D eigenvalue weighted by Crippen LogP contribution is 2.34. The van der Waals surface area contributed by atoms with Crippen molar-refractivity contribution in [3.63, 3.8) is 0 Å². The first kappa shape index (κ1) is 10.0. The minimum atomic E-state index is 0.0584. The predicted octanol–water partition coefficient (Wildman–Crippen LogP) is 2.77. The van der Waals surface area contributed by atoms with Crippen molar-refractivity contribution in [1.82, 2.24) is 0 Å². The van der Waals surface area contributed by atoms with Gasteiger partial charge in [0.15, 0.2) is 0 Å². The van der Waals surface area contributed by atoms with E-state index in [1.807, 2.05) is 0 Å². The molecule has 0 bridgehead atoms. The molecule has 2 atom stereocenters. The molecule has 2 heteroatoms. The van der Waals surface area contributed by atoms with Gasteiger partial charge in [0.1, 0.15) is 0 Å². The van der Waals surface area contributed by atoms with Gasteiger partial charge in [-0.15, -0.1) is 0 Å². The molecule has 2 fully saturated rings. The van der Waals surface area contributed by atoms with Crippen molar-refractivity contribution in [2.24, 2.45) is 17.8 Å². The zero-order valence-corrected chi connectivity index (χ0v) is 9.00. The van der Waals surface area contributed by atoms with Gasteiger partial charge in [-0.05, 0) is 12.3 Å². The summed E-state index contributed by atoms with van der Waals surface area (Å²) in [5.41, 5.74) is 0. The van der Waals surface area contributed by atoms with E-state index in [1.165, 1.54) is 32.1 Å². The largest absolute Gasteiger partial charge is 0.465 e. The summed E-state index contributed by atoms with van der Waals surface area (Å²) in [5, 5.41) is 0. The van der Waals surface area contributed by atoms with Crippen LogP contribution in [0.1, 0.15) is 45.4 Å². The quantitative estimate of drug-likeness (QED) is 0.635. The van der Waals surface area contributed by atoms with Gasteiger partial charge in [0.25, 0.3) is 0 Å². The van der Waals surface area contributed by atoms with E-state index in [2.05, 4.69) is 6.92 Å². The van der Waals surface area contributed by atoms with Gasteiger partial charge in [0, 0.05) is 5.92 Å². The minimum absolute atomic E-state index is 0.0584. The first-order valence-electron chi connectivity index (χ1n) is 5.94. The molecule has 1 saturated heterocycles. The maximum absolute atomic E-state index is 11.4. The highest BCUT2D eigenvalue weighted by molar-refractivity contribution is 5.74. The maximum Gasteiger partial charge on any atom is 0.309 e. The monoisotopic (exact) mass is 196 g/mol. The minimum Gasteiger partial charge on any atom is -0.465 e. The third kappa shape index (κ3) is 2.10. The van der Waals surface area contributed by atoms with Crippen molar-refractivity contribution < 1.29 is 9.53 Å². The SMILES string of the molecule is C[C@@H]1COC(=O)[C@@H]1CC1CCCCC1. The molecule has 1 aliphatic heterocycles. The normalized spacial score (nSPS) is 34.5. The molecule has 2 nitrogen and oxygen atoms in total. The zero-order valence-electron chi connectivity index (χ0n) is 9.00. The van der Waals surface area contributed by atoms with Crippen LogP contribution in [0.2, 0.25) is 0 Å². The summed E-state index contributed by atoms with van der Waals surface area (Å²) in [7, 11) is 0. The molecular weight excluding hydrogens is 176 g/mol. The van der Waals surface area contributed by atoms with Crippen LogP contribution in [0.5, 0.6) is 0 Å². The van der Waals surface area contributed by atoms with Crippen LogP contribution in [0.4, 0.5) is 0 Å². The Bertz CT molecular complexity index is 206. The lowest BCUT2D eigenvalue weighted by Gasteiger charge is -2.24. The van der Waals surface area contributed by atoms with Crippen LogP contribution in [0.15, 0.2) is 0 Å². The summed E-state index contributed by atoms with van der Waals surface area (Å²) in [6, 6.07) is 0. The Morgan fingerprint density at radius 2 is 2.00 bits per heavy atom. The Labute approximate surface area is 86.0 Å². The number of hydrogen-bond donors (Lipinski definition) is 0. The molecule has 0 unspecified atom stereocenters. The third-order valence-electron chi connectivity index (χ3n) is 3.79. The Balaban J connectivity index is 1.85. The van der Waals surface area contributed by atoms with E-state index in [0.29, 0.717) is 12.5 Å². The van der Waals surface area contributed by atoms with Crippen LogP contribution in [-0.2, 0) is 9.53 Å². The van der Waals surface area contributed by atoms with E-state index in [4.69, 9.17) is 4.74 Å². The van der Waals surface area contributed by atoms with Gasteiger partial charge in [-0.1, -0.05) is 39.0 Å². The molecule has 1 aliphatic carbocycles. The van der Waals surface area contributed by atoms with Gasteiger partial charge in [0.2, 0.25) is 0 Å². The lowest BCUT2D eigenvalue weighted by Crippen LogP contribution is -2.19. The second-order valence-electron chi connectivity index (χ2n) is 4.95. The van der Waals surface area contributed by atoms with Crippen LogP contribution in [0, 0.1) is 17.8 Å². The number of hydrogen-bond acceptors (Lipinski definition) is 2. The fraction of sp³-hybridized carbons (Fsp3) is 0.917. The fourth-order valence-corrected chi connectivity index (χ4v) is 2.78. The second-order valence-corrected chi connectivity index (χ2v) is 4.95. The molecule has 0 radical (unpaired) electrons. The van der Waals surface area contributed by atoms with E-state index >= 15 is 0 Å². The molecule has 1 saturated carbocycles. The van der Waals surface area contributed by atoms with Crippen LogP contribution in [0.25, 0.3) is 0 Å². The Morgan fingerprint density at radius 1 is 1.29 bits per heavy atom. The smallest absolute Gasteiger partial charge is 0.309 e. The lowest BCUT2D eigenvalue weighted by molar-refractivity contribution is -0.141. The summed E-state index contributed by atoms with van der Waals surface area (Å²) in [6.07, 6.45) is 7.86. The van der Waals surface area contributed by atoms with Crippen molar-refractivity contribution in [2.45, 2.75) is 45.4 Å². The van der Waals surface area contributed by atoms with Crippen molar-refractivity contribution in [3.8, 4) is 0 Å². The van der Waals surface area contributed by atoms with Gasteiger partial charge in [-0.25, -0.2) is 0 Å². The summed E-state index contributed by atoms with van der Waals surface area (Å²) in [6.45, 7) is 2.79. The van der Waals surface area contributed by atoms with Crippen LogP contribution in [-0.4, -0.2) is 12.6 Å². The first-order valence-corrected chi connectivity index (χ1v) is 5.94. The molecule has 2 rings (SSSR count). The Morgan fingerprint density at radius 3 is 2.57 bits per heavy atom.